The number of ketones is 1. The van der Waals surface area contributed by atoms with Gasteiger partial charge in [-0.2, -0.15) is 0 Å². The molecule has 3 nitrogen and oxygen atoms in total. The summed E-state index contributed by atoms with van der Waals surface area (Å²) in [7, 11) is 0. The molecule has 0 saturated heterocycles. The van der Waals surface area contributed by atoms with Crippen molar-refractivity contribution in [2.24, 2.45) is 0 Å². The van der Waals surface area contributed by atoms with Crippen LogP contribution in [-0.2, 0) is 0 Å². The van der Waals surface area contributed by atoms with Gasteiger partial charge in [-0.15, -0.1) is 0 Å². The molecule has 1 aromatic heterocycles. The Morgan fingerprint density at radius 1 is 1.00 bits per heavy atom. The SMILES string of the molecule is CC(=O)c1cc2ccc(Nc3ccccc3)cc2o1. The Hall–Kier alpha value is -2.55. The molecule has 0 fully saturated rings. The van der Waals surface area contributed by atoms with Crippen molar-refractivity contribution >= 4 is 28.1 Å². The number of hydrogen-bond donors (Lipinski definition) is 1. The van der Waals surface area contributed by atoms with Gasteiger partial charge in [-0.25, -0.2) is 0 Å². The van der Waals surface area contributed by atoms with E-state index in [4.69, 9.17) is 4.42 Å². The van der Waals surface area contributed by atoms with Crippen molar-refractivity contribution in [3.05, 3.63) is 60.4 Å². The van der Waals surface area contributed by atoms with Crippen molar-refractivity contribution in [1.29, 1.82) is 0 Å². The molecule has 0 saturated carbocycles. The topological polar surface area (TPSA) is 42.2 Å². The van der Waals surface area contributed by atoms with Crippen LogP contribution < -0.4 is 5.32 Å². The van der Waals surface area contributed by atoms with Crippen LogP contribution in [0.3, 0.4) is 0 Å². The molecule has 1 N–H and O–H groups in total. The maximum Gasteiger partial charge on any atom is 0.194 e. The average molecular weight is 251 g/mol. The summed E-state index contributed by atoms with van der Waals surface area (Å²) in [5, 5.41) is 4.22. The smallest absolute Gasteiger partial charge is 0.194 e. The summed E-state index contributed by atoms with van der Waals surface area (Å²) in [5.74, 6) is 0.334. The second-order valence-corrected chi connectivity index (χ2v) is 4.41. The number of hydrogen-bond acceptors (Lipinski definition) is 3. The van der Waals surface area contributed by atoms with Gasteiger partial charge in [0.1, 0.15) is 5.58 Å². The zero-order chi connectivity index (χ0) is 13.2. The van der Waals surface area contributed by atoms with E-state index in [2.05, 4.69) is 5.32 Å². The number of carbonyl (C=O) groups is 1. The molecule has 3 aromatic rings. The lowest BCUT2D eigenvalue weighted by atomic mass is 10.2. The quantitative estimate of drug-likeness (QED) is 0.702. The van der Waals surface area contributed by atoms with Gasteiger partial charge in [0.15, 0.2) is 11.5 Å². The highest BCUT2D eigenvalue weighted by Crippen LogP contribution is 2.25. The van der Waals surface area contributed by atoms with Crippen LogP contribution >= 0.6 is 0 Å². The standard InChI is InChI=1S/C16H13NO2/c1-11(18)15-9-12-7-8-14(10-16(12)19-15)17-13-5-3-2-4-6-13/h2-10,17H,1H3. The number of para-hydroxylation sites is 1. The minimum atomic E-state index is -0.0613. The highest BCUT2D eigenvalue weighted by molar-refractivity contribution is 5.96. The summed E-state index contributed by atoms with van der Waals surface area (Å²) >= 11 is 0. The molecule has 0 bridgehead atoms. The molecule has 0 atom stereocenters. The van der Waals surface area contributed by atoms with E-state index < -0.39 is 0 Å². The zero-order valence-electron chi connectivity index (χ0n) is 10.5. The van der Waals surface area contributed by atoms with E-state index in [1.54, 1.807) is 6.07 Å². The number of nitrogens with one attached hydrogen (secondary N) is 1. The van der Waals surface area contributed by atoms with Crippen molar-refractivity contribution in [3.63, 3.8) is 0 Å². The van der Waals surface area contributed by atoms with Crippen LogP contribution in [-0.4, -0.2) is 5.78 Å². The molecular formula is C16H13NO2. The molecule has 19 heavy (non-hydrogen) atoms. The first-order valence-corrected chi connectivity index (χ1v) is 6.09. The van der Waals surface area contributed by atoms with Crippen molar-refractivity contribution in [3.8, 4) is 0 Å². The summed E-state index contributed by atoms with van der Waals surface area (Å²) in [4.78, 5) is 11.3. The molecule has 0 aliphatic heterocycles. The maximum absolute atomic E-state index is 11.3. The van der Waals surface area contributed by atoms with E-state index in [1.165, 1.54) is 6.92 Å². The van der Waals surface area contributed by atoms with Gasteiger partial charge in [0.05, 0.1) is 0 Å². The van der Waals surface area contributed by atoms with E-state index in [1.807, 2.05) is 48.5 Å². The molecule has 3 heteroatoms. The van der Waals surface area contributed by atoms with Gasteiger partial charge in [-0.05, 0) is 30.3 Å². The van der Waals surface area contributed by atoms with Crippen LogP contribution in [0.2, 0.25) is 0 Å². The Labute approximate surface area is 110 Å². The Morgan fingerprint density at radius 2 is 1.79 bits per heavy atom. The third kappa shape index (κ3) is 2.36. The molecular weight excluding hydrogens is 238 g/mol. The first-order chi connectivity index (χ1) is 9.22. The normalized spacial score (nSPS) is 10.6. The molecule has 0 spiro atoms. The van der Waals surface area contributed by atoms with E-state index in [0.29, 0.717) is 11.3 Å². The van der Waals surface area contributed by atoms with Crippen LogP contribution in [0, 0.1) is 0 Å². The lowest BCUT2D eigenvalue weighted by Gasteiger charge is -2.05. The summed E-state index contributed by atoms with van der Waals surface area (Å²) < 4.78 is 5.52. The molecule has 94 valence electrons. The van der Waals surface area contributed by atoms with Gasteiger partial charge >= 0.3 is 0 Å². The van der Waals surface area contributed by atoms with Crippen LogP contribution in [0.1, 0.15) is 17.5 Å². The van der Waals surface area contributed by atoms with Crippen molar-refractivity contribution in [2.45, 2.75) is 6.92 Å². The Bertz CT molecular complexity index is 729. The van der Waals surface area contributed by atoms with E-state index in [-0.39, 0.29) is 5.78 Å². The van der Waals surface area contributed by atoms with Crippen molar-refractivity contribution in [1.82, 2.24) is 0 Å². The molecule has 0 aliphatic carbocycles. The van der Waals surface area contributed by atoms with Crippen LogP contribution in [0.25, 0.3) is 11.0 Å². The van der Waals surface area contributed by atoms with Gasteiger partial charge < -0.3 is 9.73 Å². The average Bonchev–Trinajstić information content (AvgIpc) is 2.83. The molecule has 0 aliphatic rings. The predicted octanol–water partition coefficient (Wildman–Crippen LogP) is 4.38. The minimum absolute atomic E-state index is 0.0613. The highest BCUT2D eigenvalue weighted by atomic mass is 16.3. The molecule has 3 rings (SSSR count). The van der Waals surface area contributed by atoms with Crippen LogP contribution in [0.4, 0.5) is 11.4 Å². The number of anilines is 2. The van der Waals surface area contributed by atoms with Crippen LogP contribution in [0.15, 0.2) is 59.0 Å². The second-order valence-electron chi connectivity index (χ2n) is 4.41. The highest BCUT2D eigenvalue weighted by Gasteiger charge is 2.08. The van der Waals surface area contributed by atoms with Gasteiger partial charge in [0, 0.05) is 29.8 Å². The summed E-state index contributed by atoms with van der Waals surface area (Å²) in [6, 6.07) is 17.5. The monoisotopic (exact) mass is 251 g/mol. The van der Waals surface area contributed by atoms with Crippen molar-refractivity contribution in [2.75, 3.05) is 5.32 Å². The van der Waals surface area contributed by atoms with Crippen molar-refractivity contribution < 1.29 is 9.21 Å². The lowest BCUT2D eigenvalue weighted by Crippen LogP contribution is -1.88. The van der Waals surface area contributed by atoms with E-state index in [9.17, 15) is 4.79 Å². The van der Waals surface area contributed by atoms with E-state index in [0.717, 1.165) is 16.8 Å². The molecule has 1 heterocycles. The fourth-order valence-electron chi connectivity index (χ4n) is 1.97. The minimum Gasteiger partial charge on any atom is -0.453 e. The number of carbonyl (C=O) groups excluding carboxylic acids is 1. The first kappa shape index (κ1) is 11.5. The Kier molecular flexibility index (Phi) is 2.80. The largest absolute Gasteiger partial charge is 0.453 e. The molecule has 0 amide bonds. The van der Waals surface area contributed by atoms with Gasteiger partial charge in [0.25, 0.3) is 0 Å². The fraction of sp³-hybridized carbons (Fsp3) is 0.0625. The Balaban J connectivity index is 1.95. The maximum atomic E-state index is 11.3. The first-order valence-electron chi connectivity index (χ1n) is 6.09. The zero-order valence-corrected chi connectivity index (χ0v) is 10.5. The fourth-order valence-corrected chi connectivity index (χ4v) is 1.97. The summed E-state index contributed by atoms with van der Waals surface area (Å²) in [6.45, 7) is 1.50. The summed E-state index contributed by atoms with van der Waals surface area (Å²) in [6.07, 6.45) is 0. The lowest BCUT2D eigenvalue weighted by molar-refractivity contribution is 0.0989. The third-order valence-corrected chi connectivity index (χ3v) is 2.93. The van der Waals surface area contributed by atoms with Gasteiger partial charge in [-0.1, -0.05) is 18.2 Å². The van der Waals surface area contributed by atoms with Crippen LogP contribution in [0.5, 0.6) is 0 Å². The predicted molar refractivity (Wildman–Crippen MR) is 75.9 cm³/mol. The number of rotatable bonds is 3. The molecule has 2 aromatic carbocycles. The number of furan rings is 1. The third-order valence-electron chi connectivity index (χ3n) is 2.93. The second kappa shape index (κ2) is 4.61. The molecule has 0 radical (unpaired) electrons. The number of benzene rings is 2. The Morgan fingerprint density at radius 3 is 2.53 bits per heavy atom. The number of Topliss-reactive ketones (excluding diaryl/α,β-unsaturated/α-hetero) is 1. The van der Waals surface area contributed by atoms with E-state index >= 15 is 0 Å². The summed E-state index contributed by atoms with van der Waals surface area (Å²) in [5.41, 5.74) is 2.66. The molecule has 0 unspecified atom stereocenters. The number of fused-ring (bicyclic) bond motifs is 1. The van der Waals surface area contributed by atoms with Gasteiger partial charge in [-0.3, -0.25) is 4.79 Å². The van der Waals surface area contributed by atoms with Gasteiger partial charge in [0.2, 0.25) is 0 Å².